The molecule has 1 aliphatic heterocycles. The molecule has 2 atom stereocenters. The van der Waals surface area contributed by atoms with E-state index in [0.717, 1.165) is 36.9 Å². The molecular formula is C18H23NO3. The van der Waals surface area contributed by atoms with E-state index in [1.54, 1.807) is 4.90 Å². The van der Waals surface area contributed by atoms with Crippen molar-refractivity contribution in [2.45, 2.75) is 45.4 Å². The molecule has 1 heterocycles. The van der Waals surface area contributed by atoms with Crippen molar-refractivity contribution in [2.75, 3.05) is 11.4 Å². The molecule has 4 heteroatoms. The van der Waals surface area contributed by atoms with Crippen LogP contribution in [-0.4, -0.2) is 23.5 Å². The third-order valence-electron chi connectivity index (χ3n) is 5.09. The van der Waals surface area contributed by atoms with Crippen LogP contribution in [0.3, 0.4) is 0 Å². The van der Waals surface area contributed by atoms with Gasteiger partial charge in [-0.25, -0.2) is 0 Å². The number of anilines is 1. The average Bonchev–Trinajstić information content (AvgIpc) is 2.85. The fourth-order valence-corrected chi connectivity index (χ4v) is 3.96. The van der Waals surface area contributed by atoms with Crippen LogP contribution in [0.4, 0.5) is 5.69 Å². The van der Waals surface area contributed by atoms with Crippen molar-refractivity contribution in [1.82, 2.24) is 0 Å². The Kier molecular flexibility index (Phi) is 3.71. The van der Waals surface area contributed by atoms with E-state index in [9.17, 15) is 14.7 Å². The summed E-state index contributed by atoms with van der Waals surface area (Å²) in [5.41, 5.74) is 1.74. The molecule has 22 heavy (non-hydrogen) atoms. The number of rotatable bonds is 2. The molecule has 0 bridgehead atoms. The third kappa shape index (κ3) is 2.62. The zero-order valence-corrected chi connectivity index (χ0v) is 13.2. The predicted octanol–water partition coefficient (Wildman–Crippen LogP) is 3.42. The number of hydrogen-bond donors (Lipinski definition) is 1. The molecule has 118 valence electrons. The number of hydrogen-bond acceptors (Lipinski definition) is 2. The number of carbonyl (C=O) groups excluding carboxylic acids is 1. The van der Waals surface area contributed by atoms with Gasteiger partial charge in [-0.3, -0.25) is 9.59 Å². The monoisotopic (exact) mass is 301 g/mol. The summed E-state index contributed by atoms with van der Waals surface area (Å²) in [7, 11) is 0. The van der Waals surface area contributed by atoms with Crippen molar-refractivity contribution in [3.8, 4) is 0 Å². The number of aliphatic carboxylic acids is 1. The number of nitrogens with zero attached hydrogens (tertiary/aromatic N) is 1. The first-order chi connectivity index (χ1) is 10.4. The number of carboxylic acid groups (broad SMARTS) is 1. The van der Waals surface area contributed by atoms with Crippen molar-refractivity contribution in [3.63, 3.8) is 0 Å². The average molecular weight is 301 g/mol. The van der Waals surface area contributed by atoms with E-state index in [0.29, 0.717) is 0 Å². The number of amides is 1. The number of fused-ring (bicyclic) bond motifs is 1. The number of carbonyl (C=O) groups is 2. The molecule has 1 aromatic rings. The highest BCUT2D eigenvalue weighted by atomic mass is 16.4. The van der Waals surface area contributed by atoms with E-state index in [1.165, 1.54) is 0 Å². The highest BCUT2D eigenvalue weighted by Gasteiger charge is 2.40. The molecule has 4 nitrogen and oxygen atoms in total. The lowest BCUT2D eigenvalue weighted by Crippen LogP contribution is -2.39. The summed E-state index contributed by atoms with van der Waals surface area (Å²) in [5, 5.41) is 9.42. The molecule has 0 spiro atoms. The predicted molar refractivity (Wildman–Crippen MR) is 84.9 cm³/mol. The van der Waals surface area contributed by atoms with E-state index in [4.69, 9.17) is 0 Å². The smallest absolute Gasteiger partial charge is 0.312 e. The van der Waals surface area contributed by atoms with Crippen molar-refractivity contribution in [3.05, 3.63) is 29.8 Å². The summed E-state index contributed by atoms with van der Waals surface area (Å²) >= 11 is 0. The summed E-state index contributed by atoms with van der Waals surface area (Å²) in [4.78, 5) is 26.1. The van der Waals surface area contributed by atoms with Crippen LogP contribution < -0.4 is 4.90 Å². The van der Waals surface area contributed by atoms with Gasteiger partial charge in [-0.2, -0.15) is 0 Å². The summed E-state index contributed by atoms with van der Waals surface area (Å²) < 4.78 is 0. The van der Waals surface area contributed by atoms with Gasteiger partial charge in [0.25, 0.3) is 0 Å². The fourth-order valence-electron chi connectivity index (χ4n) is 3.96. The number of para-hydroxylation sites is 1. The molecule has 2 aliphatic rings. The second-order valence-corrected chi connectivity index (χ2v) is 7.36. The van der Waals surface area contributed by atoms with Gasteiger partial charge in [0.15, 0.2) is 0 Å². The van der Waals surface area contributed by atoms with Gasteiger partial charge in [0.05, 0.1) is 0 Å². The molecule has 1 amide bonds. The summed E-state index contributed by atoms with van der Waals surface area (Å²) in [5.74, 6) is -1.34. The van der Waals surface area contributed by atoms with E-state index in [-0.39, 0.29) is 23.8 Å². The molecule has 1 aliphatic carbocycles. The van der Waals surface area contributed by atoms with Gasteiger partial charge in [0.2, 0.25) is 5.91 Å². The maximum Gasteiger partial charge on any atom is 0.312 e. The van der Waals surface area contributed by atoms with E-state index in [1.807, 2.05) is 24.3 Å². The van der Waals surface area contributed by atoms with Crippen molar-refractivity contribution < 1.29 is 14.7 Å². The van der Waals surface area contributed by atoms with Gasteiger partial charge in [0, 0.05) is 18.2 Å². The summed E-state index contributed by atoms with van der Waals surface area (Å²) in [6.07, 6.45) is 4.03. The van der Waals surface area contributed by atoms with Gasteiger partial charge in [-0.05, 0) is 36.3 Å². The molecule has 3 rings (SSSR count). The van der Waals surface area contributed by atoms with Crippen LogP contribution in [-0.2, 0) is 9.59 Å². The molecule has 1 saturated carbocycles. The second-order valence-electron chi connectivity index (χ2n) is 7.36. The van der Waals surface area contributed by atoms with Crippen LogP contribution in [0.1, 0.15) is 51.0 Å². The van der Waals surface area contributed by atoms with Crippen LogP contribution in [0.15, 0.2) is 24.3 Å². The number of benzene rings is 1. The van der Waals surface area contributed by atoms with Crippen molar-refractivity contribution >= 4 is 17.6 Å². The topological polar surface area (TPSA) is 57.6 Å². The van der Waals surface area contributed by atoms with Gasteiger partial charge >= 0.3 is 5.97 Å². The van der Waals surface area contributed by atoms with E-state index in [2.05, 4.69) is 13.8 Å². The van der Waals surface area contributed by atoms with Crippen molar-refractivity contribution in [1.29, 1.82) is 0 Å². The first kappa shape index (κ1) is 15.1. The standard InChI is InChI=1S/C18H23NO3/c1-18(2)9-5-6-12(10-18)16(20)19-11-14(17(21)22)13-7-3-4-8-15(13)19/h3-4,7-8,12,14H,5-6,9-11H2,1-2H3,(H,21,22). The zero-order valence-electron chi connectivity index (χ0n) is 13.2. The maximum absolute atomic E-state index is 13.0. The van der Waals surface area contributed by atoms with Gasteiger partial charge < -0.3 is 10.0 Å². The molecule has 1 N–H and O–H groups in total. The Morgan fingerprint density at radius 3 is 2.68 bits per heavy atom. The highest BCUT2D eigenvalue weighted by molar-refractivity contribution is 6.00. The van der Waals surface area contributed by atoms with Crippen molar-refractivity contribution in [2.24, 2.45) is 11.3 Å². The molecule has 1 aromatic carbocycles. The lowest BCUT2D eigenvalue weighted by Gasteiger charge is -2.36. The quantitative estimate of drug-likeness (QED) is 0.910. The molecule has 1 fully saturated rings. The van der Waals surface area contributed by atoms with Gasteiger partial charge in [-0.15, -0.1) is 0 Å². The van der Waals surface area contributed by atoms with Gasteiger partial charge in [0.1, 0.15) is 5.92 Å². The Labute approximate surface area is 131 Å². The molecule has 0 aromatic heterocycles. The lowest BCUT2D eigenvalue weighted by molar-refractivity contribution is -0.138. The lowest BCUT2D eigenvalue weighted by atomic mass is 9.72. The Bertz CT molecular complexity index is 608. The Balaban J connectivity index is 1.86. The van der Waals surface area contributed by atoms with E-state index >= 15 is 0 Å². The molecule has 0 radical (unpaired) electrons. The fraction of sp³-hybridized carbons (Fsp3) is 0.556. The van der Waals surface area contributed by atoms with Crippen LogP contribution in [0.25, 0.3) is 0 Å². The minimum atomic E-state index is -0.855. The SMILES string of the molecule is CC1(C)CCCC(C(=O)N2CC(C(=O)O)c3ccccc32)C1. The normalized spacial score (nSPS) is 26.5. The van der Waals surface area contributed by atoms with Crippen LogP contribution in [0, 0.1) is 11.3 Å². The second kappa shape index (κ2) is 5.41. The molecule has 0 saturated heterocycles. The Morgan fingerprint density at radius 1 is 1.27 bits per heavy atom. The minimum absolute atomic E-state index is 0.0179. The van der Waals surface area contributed by atoms with Gasteiger partial charge in [-0.1, -0.05) is 38.5 Å². The zero-order chi connectivity index (χ0) is 15.9. The first-order valence-corrected chi connectivity index (χ1v) is 8.02. The molecular weight excluding hydrogens is 278 g/mol. The summed E-state index contributed by atoms with van der Waals surface area (Å²) in [6, 6.07) is 7.40. The maximum atomic E-state index is 13.0. The van der Waals surface area contributed by atoms with E-state index < -0.39 is 11.9 Å². The Hall–Kier alpha value is -1.84. The highest BCUT2D eigenvalue weighted by Crippen LogP contribution is 2.42. The van der Waals surface area contributed by atoms with Crippen LogP contribution >= 0.6 is 0 Å². The third-order valence-corrected chi connectivity index (χ3v) is 5.09. The Morgan fingerprint density at radius 2 is 2.00 bits per heavy atom. The number of carboxylic acids is 1. The molecule has 2 unspecified atom stereocenters. The largest absolute Gasteiger partial charge is 0.481 e. The summed E-state index contributed by atoms with van der Waals surface area (Å²) in [6.45, 7) is 4.69. The van der Waals surface area contributed by atoms with Crippen LogP contribution in [0.5, 0.6) is 0 Å². The van der Waals surface area contributed by atoms with Crippen LogP contribution in [0.2, 0.25) is 0 Å². The first-order valence-electron chi connectivity index (χ1n) is 8.02. The minimum Gasteiger partial charge on any atom is -0.481 e.